The Kier molecular flexibility index (Phi) is 6.69. The summed E-state index contributed by atoms with van der Waals surface area (Å²) in [6, 6.07) is 18.0. The van der Waals surface area contributed by atoms with Gasteiger partial charge in [0, 0.05) is 0 Å². The standard InChI is InChI=1S/C21H25NO/c1-3-4-5-6-7-17(2)23-21-14-12-20(13-15-21)19-10-8-18(16-22)9-11-19/h8-15,17H,3-7H2,1-2H3/t17-/m1/s1. The fourth-order valence-corrected chi connectivity index (χ4v) is 2.61. The molecule has 0 unspecified atom stereocenters. The molecule has 2 nitrogen and oxygen atoms in total. The molecule has 0 bridgehead atoms. The Balaban J connectivity index is 1.90. The van der Waals surface area contributed by atoms with Gasteiger partial charge in [0.25, 0.3) is 0 Å². The monoisotopic (exact) mass is 307 g/mol. The van der Waals surface area contributed by atoms with Crippen LogP contribution in [0.15, 0.2) is 48.5 Å². The average molecular weight is 307 g/mol. The van der Waals surface area contributed by atoms with Crippen LogP contribution in [0.5, 0.6) is 5.75 Å². The molecular formula is C21H25NO. The topological polar surface area (TPSA) is 33.0 Å². The lowest BCUT2D eigenvalue weighted by Crippen LogP contribution is -2.11. The van der Waals surface area contributed by atoms with Crippen molar-refractivity contribution in [2.24, 2.45) is 0 Å². The highest BCUT2D eigenvalue weighted by molar-refractivity contribution is 5.64. The van der Waals surface area contributed by atoms with Crippen molar-refractivity contribution >= 4 is 0 Å². The van der Waals surface area contributed by atoms with Gasteiger partial charge in [0.05, 0.1) is 17.7 Å². The summed E-state index contributed by atoms with van der Waals surface area (Å²) >= 11 is 0. The maximum Gasteiger partial charge on any atom is 0.119 e. The van der Waals surface area contributed by atoms with Crippen LogP contribution in [0.1, 0.15) is 51.5 Å². The summed E-state index contributed by atoms with van der Waals surface area (Å²) in [4.78, 5) is 0. The maximum absolute atomic E-state index is 8.84. The van der Waals surface area contributed by atoms with Gasteiger partial charge in [0.2, 0.25) is 0 Å². The zero-order valence-electron chi connectivity index (χ0n) is 14.1. The largest absolute Gasteiger partial charge is 0.491 e. The van der Waals surface area contributed by atoms with Gasteiger partial charge in [-0.2, -0.15) is 5.26 Å². The molecule has 2 aromatic rings. The van der Waals surface area contributed by atoms with E-state index >= 15 is 0 Å². The smallest absolute Gasteiger partial charge is 0.119 e. The van der Waals surface area contributed by atoms with Crippen LogP contribution in [0.2, 0.25) is 0 Å². The predicted molar refractivity (Wildman–Crippen MR) is 95.4 cm³/mol. The quantitative estimate of drug-likeness (QED) is 0.563. The predicted octanol–water partition coefficient (Wildman–Crippen LogP) is 5.96. The molecule has 2 rings (SSSR count). The van der Waals surface area contributed by atoms with Gasteiger partial charge >= 0.3 is 0 Å². The molecule has 0 aromatic heterocycles. The average Bonchev–Trinajstić information content (AvgIpc) is 2.59. The second-order valence-electron chi connectivity index (χ2n) is 5.99. The van der Waals surface area contributed by atoms with E-state index in [-0.39, 0.29) is 6.10 Å². The van der Waals surface area contributed by atoms with Crippen molar-refractivity contribution in [3.05, 3.63) is 54.1 Å². The number of rotatable bonds is 8. The number of hydrogen-bond acceptors (Lipinski definition) is 2. The van der Waals surface area contributed by atoms with E-state index in [1.807, 2.05) is 36.4 Å². The molecule has 0 aliphatic carbocycles. The minimum atomic E-state index is 0.257. The molecule has 0 amide bonds. The summed E-state index contributed by atoms with van der Waals surface area (Å²) in [6.07, 6.45) is 6.47. The SMILES string of the molecule is CCCCCC[C@@H](C)Oc1ccc(-c2ccc(C#N)cc2)cc1. The lowest BCUT2D eigenvalue weighted by Gasteiger charge is -2.15. The second kappa shape index (κ2) is 9.00. The van der Waals surface area contributed by atoms with Gasteiger partial charge in [0.1, 0.15) is 5.75 Å². The first kappa shape index (κ1) is 17.1. The normalized spacial score (nSPS) is 11.7. The zero-order chi connectivity index (χ0) is 16.5. The molecule has 0 spiro atoms. The van der Waals surface area contributed by atoms with E-state index in [9.17, 15) is 0 Å². The number of ether oxygens (including phenoxy) is 1. The molecule has 2 aromatic carbocycles. The molecular weight excluding hydrogens is 282 g/mol. The maximum atomic E-state index is 8.84. The van der Waals surface area contributed by atoms with E-state index in [2.05, 4.69) is 32.0 Å². The van der Waals surface area contributed by atoms with Gasteiger partial charge < -0.3 is 4.74 Å². The third-order valence-corrected chi connectivity index (χ3v) is 4.00. The molecule has 0 radical (unpaired) electrons. The minimum absolute atomic E-state index is 0.257. The third-order valence-electron chi connectivity index (χ3n) is 4.00. The summed E-state index contributed by atoms with van der Waals surface area (Å²) in [7, 11) is 0. The van der Waals surface area contributed by atoms with Gasteiger partial charge in [-0.25, -0.2) is 0 Å². The molecule has 0 aliphatic rings. The Hall–Kier alpha value is -2.27. The molecule has 0 heterocycles. The van der Waals surface area contributed by atoms with Crippen molar-refractivity contribution in [3.8, 4) is 22.9 Å². The van der Waals surface area contributed by atoms with Crippen molar-refractivity contribution in [2.75, 3.05) is 0 Å². The molecule has 0 fully saturated rings. The van der Waals surface area contributed by atoms with Crippen LogP contribution in [0.3, 0.4) is 0 Å². The molecule has 0 N–H and O–H groups in total. The summed E-state index contributed by atoms with van der Waals surface area (Å²) in [5.74, 6) is 0.922. The zero-order valence-corrected chi connectivity index (χ0v) is 14.1. The third kappa shape index (κ3) is 5.45. The van der Waals surface area contributed by atoms with E-state index in [1.54, 1.807) is 0 Å². The van der Waals surface area contributed by atoms with Crippen molar-refractivity contribution in [1.82, 2.24) is 0 Å². The fourth-order valence-electron chi connectivity index (χ4n) is 2.61. The molecule has 0 aliphatic heterocycles. The van der Waals surface area contributed by atoms with Crippen molar-refractivity contribution in [3.63, 3.8) is 0 Å². The van der Waals surface area contributed by atoms with Gasteiger partial charge in [-0.05, 0) is 55.2 Å². The Bertz CT molecular complexity index is 622. The molecule has 0 saturated carbocycles. The van der Waals surface area contributed by atoms with Gasteiger partial charge in [-0.15, -0.1) is 0 Å². The van der Waals surface area contributed by atoms with E-state index in [4.69, 9.17) is 10.00 Å². The Morgan fingerprint density at radius 3 is 2.09 bits per heavy atom. The number of hydrogen-bond donors (Lipinski definition) is 0. The summed E-state index contributed by atoms with van der Waals surface area (Å²) in [5.41, 5.74) is 2.94. The first-order valence-corrected chi connectivity index (χ1v) is 8.50. The van der Waals surface area contributed by atoms with Crippen molar-refractivity contribution in [2.45, 2.75) is 52.1 Å². The van der Waals surface area contributed by atoms with E-state index < -0.39 is 0 Å². The number of benzene rings is 2. The molecule has 1 atom stereocenters. The summed E-state index contributed by atoms with van der Waals surface area (Å²) in [6.45, 7) is 4.37. The Labute approximate surface area is 139 Å². The van der Waals surface area contributed by atoms with E-state index in [1.165, 1.54) is 25.7 Å². The highest BCUT2D eigenvalue weighted by atomic mass is 16.5. The summed E-state index contributed by atoms with van der Waals surface area (Å²) in [5, 5.41) is 8.84. The second-order valence-corrected chi connectivity index (χ2v) is 5.99. The van der Waals surface area contributed by atoms with Crippen LogP contribution in [0, 0.1) is 11.3 Å². The Morgan fingerprint density at radius 1 is 0.913 bits per heavy atom. The first-order chi connectivity index (χ1) is 11.2. The van der Waals surface area contributed by atoms with Gasteiger partial charge in [0.15, 0.2) is 0 Å². The number of nitriles is 1. The molecule has 23 heavy (non-hydrogen) atoms. The van der Waals surface area contributed by atoms with Crippen LogP contribution >= 0.6 is 0 Å². The van der Waals surface area contributed by atoms with Gasteiger partial charge in [-0.1, -0.05) is 50.5 Å². The van der Waals surface area contributed by atoms with Crippen molar-refractivity contribution in [1.29, 1.82) is 5.26 Å². The van der Waals surface area contributed by atoms with Crippen molar-refractivity contribution < 1.29 is 4.74 Å². The summed E-state index contributed by atoms with van der Waals surface area (Å²) < 4.78 is 5.98. The number of unbranched alkanes of at least 4 members (excludes halogenated alkanes) is 3. The van der Waals surface area contributed by atoms with Crippen LogP contribution < -0.4 is 4.74 Å². The van der Waals surface area contributed by atoms with Crippen LogP contribution in [-0.2, 0) is 0 Å². The highest BCUT2D eigenvalue weighted by Gasteiger charge is 2.05. The minimum Gasteiger partial charge on any atom is -0.491 e. The first-order valence-electron chi connectivity index (χ1n) is 8.50. The highest BCUT2D eigenvalue weighted by Crippen LogP contribution is 2.23. The van der Waals surface area contributed by atoms with E-state index in [0.29, 0.717) is 5.56 Å². The Morgan fingerprint density at radius 2 is 1.52 bits per heavy atom. The van der Waals surface area contributed by atoms with Gasteiger partial charge in [-0.3, -0.25) is 0 Å². The lowest BCUT2D eigenvalue weighted by molar-refractivity contribution is 0.206. The van der Waals surface area contributed by atoms with Crippen LogP contribution in [-0.4, -0.2) is 6.10 Å². The number of nitrogens with zero attached hydrogens (tertiary/aromatic N) is 1. The van der Waals surface area contributed by atoms with E-state index in [0.717, 1.165) is 23.3 Å². The van der Waals surface area contributed by atoms with Crippen LogP contribution in [0.4, 0.5) is 0 Å². The van der Waals surface area contributed by atoms with Crippen LogP contribution in [0.25, 0.3) is 11.1 Å². The molecule has 0 saturated heterocycles. The molecule has 120 valence electrons. The fraction of sp³-hybridized carbons (Fsp3) is 0.381. The molecule has 2 heteroatoms. The lowest BCUT2D eigenvalue weighted by atomic mass is 10.0.